The fourth-order valence-corrected chi connectivity index (χ4v) is 2.46. The maximum Gasteiger partial charge on any atom is 0.221 e. The lowest BCUT2D eigenvalue weighted by atomic mass is 9.87. The van der Waals surface area contributed by atoms with Crippen molar-refractivity contribution in [2.24, 2.45) is 22.8 Å². The predicted molar refractivity (Wildman–Crippen MR) is 78.2 cm³/mol. The third-order valence-corrected chi connectivity index (χ3v) is 4.40. The Kier molecular flexibility index (Phi) is 5.53. The summed E-state index contributed by atoms with van der Waals surface area (Å²) in [6.45, 7) is 7.03. The summed E-state index contributed by atoms with van der Waals surface area (Å²) in [4.78, 5) is 14.1. The minimum atomic E-state index is -0.164. The van der Waals surface area contributed by atoms with Gasteiger partial charge in [0.25, 0.3) is 0 Å². The molecule has 4 N–H and O–H groups in total. The summed E-state index contributed by atoms with van der Waals surface area (Å²) in [6.07, 6.45) is 4.03. The van der Waals surface area contributed by atoms with Gasteiger partial charge in [-0.15, -0.1) is 0 Å². The van der Waals surface area contributed by atoms with Gasteiger partial charge in [0.2, 0.25) is 5.91 Å². The van der Waals surface area contributed by atoms with E-state index in [0.29, 0.717) is 4.99 Å². The zero-order chi connectivity index (χ0) is 13.8. The molecule has 1 amide bonds. The normalized spacial score (nSPS) is 21.8. The largest absolute Gasteiger partial charge is 0.393 e. The molecule has 1 aliphatic rings. The van der Waals surface area contributed by atoms with Crippen molar-refractivity contribution >= 4 is 23.1 Å². The fourth-order valence-electron chi connectivity index (χ4n) is 2.36. The van der Waals surface area contributed by atoms with Crippen LogP contribution in [0.4, 0.5) is 0 Å². The molecule has 0 aromatic rings. The molecule has 104 valence electrons. The third-order valence-electron chi connectivity index (χ3n) is 3.85. The molecule has 1 rings (SSSR count). The van der Waals surface area contributed by atoms with Crippen molar-refractivity contribution in [3.63, 3.8) is 0 Å². The maximum atomic E-state index is 11.2. The van der Waals surface area contributed by atoms with Gasteiger partial charge < -0.3 is 16.4 Å². The van der Waals surface area contributed by atoms with Crippen molar-refractivity contribution in [1.82, 2.24) is 4.90 Å². The lowest BCUT2D eigenvalue weighted by Crippen LogP contribution is -2.41. The van der Waals surface area contributed by atoms with Crippen LogP contribution in [-0.4, -0.2) is 35.4 Å². The smallest absolute Gasteiger partial charge is 0.221 e. The Bertz CT molecular complexity index is 317. The molecule has 5 heteroatoms. The van der Waals surface area contributed by atoms with Gasteiger partial charge >= 0.3 is 0 Å². The number of nitrogens with zero attached hydrogens (tertiary/aromatic N) is 1. The van der Waals surface area contributed by atoms with Gasteiger partial charge in [-0.1, -0.05) is 26.1 Å². The van der Waals surface area contributed by atoms with E-state index < -0.39 is 0 Å². The number of carbonyl (C=O) groups is 1. The lowest BCUT2D eigenvalue weighted by molar-refractivity contribution is -0.123. The lowest BCUT2D eigenvalue weighted by Gasteiger charge is -2.32. The highest BCUT2D eigenvalue weighted by Gasteiger charge is 2.25. The Labute approximate surface area is 115 Å². The number of amides is 1. The van der Waals surface area contributed by atoms with Crippen LogP contribution >= 0.6 is 12.2 Å². The van der Waals surface area contributed by atoms with Crippen LogP contribution in [0.15, 0.2) is 0 Å². The van der Waals surface area contributed by atoms with E-state index in [1.54, 1.807) is 0 Å². The van der Waals surface area contributed by atoms with Crippen molar-refractivity contribution in [2.75, 3.05) is 19.6 Å². The second-order valence-electron chi connectivity index (χ2n) is 5.89. The second kappa shape index (κ2) is 6.48. The highest BCUT2D eigenvalue weighted by atomic mass is 32.1. The monoisotopic (exact) mass is 271 g/mol. The third kappa shape index (κ3) is 4.53. The van der Waals surface area contributed by atoms with E-state index >= 15 is 0 Å². The number of rotatable bonds is 6. The first-order valence-corrected chi connectivity index (χ1v) is 7.05. The minimum absolute atomic E-state index is 0.0299. The van der Waals surface area contributed by atoms with Crippen molar-refractivity contribution in [3.8, 4) is 0 Å². The first kappa shape index (κ1) is 15.4. The van der Waals surface area contributed by atoms with E-state index in [1.807, 2.05) is 0 Å². The van der Waals surface area contributed by atoms with E-state index in [1.165, 1.54) is 0 Å². The maximum absolute atomic E-state index is 11.2. The summed E-state index contributed by atoms with van der Waals surface area (Å²) >= 11 is 5.06. The zero-order valence-electron chi connectivity index (χ0n) is 11.4. The molecule has 0 aromatic carbocycles. The number of primary amides is 1. The van der Waals surface area contributed by atoms with E-state index in [2.05, 4.69) is 18.7 Å². The number of carbonyl (C=O) groups excluding carboxylic acids is 1. The summed E-state index contributed by atoms with van der Waals surface area (Å²) in [6, 6.07) is 0. The molecule has 0 aromatic heterocycles. The fraction of sp³-hybridized carbons (Fsp3) is 0.846. The highest BCUT2D eigenvalue weighted by molar-refractivity contribution is 7.80. The molecule has 0 radical (unpaired) electrons. The van der Waals surface area contributed by atoms with Gasteiger partial charge in [-0.2, -0.15) is 0 Å². The topological polar surface area (TPSA) is 72.3 Å². The van der Waals surface area contributed by atoms with Gasteiger partial charge in [0.05, 0.1) is 10.9 Å². The summed E-state index contributed by atoms with van der Waals surface area (Å²) in [5, 5.41) is 0. The van der Waals surface area contributed by atoms with Crippen molar-refractivity contribution in [2.45, 2.75) is 39.5 Å². The summed E-state index contributed by atoms with van der Waals surface area (Å²) in [5.74, 6) is -0.134. The Morgan fingerprint density at radius 1 is 1.44 bits per heavy atom. The first-order chi connectivity index (χ1) is 8.33. The van der Waals surface area contributed by atoms with Crippen molar-refractivity contribution in [3.05, 3.63) is 0 Å². The van der Waals surface area contributed by atoms with Crippen LogP contribution < -0.4 is 11.5 Å². The molecule has 0 spiro atoms. The Balaban J connectivity index is 2.31. The van der Waals surface area contributed by atoms with Gasteiger partial charge in [-0.3, -0.25) is 4.79 Å². The average molecular weight is 271 g/mol. The van der Waals surface area contributed by atoms with Crippen LogP contribution in [0.1, 0.15) is 39.5 Å². The van der Waals surface area contributed by atoms with E-state index in [-0.39, 0.29) is 17.2 Å². The van der Waals surface area contributed by atoms with Crippen LogP contribution in [0.5, 0.6) is 0 Å². The molecule has 18 heavy (non-hydrogen) atoms. The molecule has 1 aliphatic heterocycles. The first-order valence-electron chi connectivity index (χ1n) is 6.64. The Hall–Kier alpha value is -0.680. The second-order valence-corrected chi connectivity index (χ2v) is 6.33. The van der Waals surface area contributed by atoms with E-state index in [4.69, 9.17) is 23.7 Å². The molecule has 0 saturated carbocycles. The number of nitrogens with two attached hydrogens (primary N) is 2. The summed E-state index contributed by atoms with van der Waals surface area (Å²) in [5.41, 5.74) is 11.0. The van der Waals surface area contributed by atoms with Crippen molar-refractivity contribution < 1.29 is 4.79 Å². The highest BCUT2D eigenvalue weighted by Crippen LogP contribution is 2.23. The zero-order valence-corrected chi connectivity index (χ0v) is 12.3. The van der Waals surface area contributed by atoms with Crippen LogP contribution in [0.2, 0.25) is 0 Å². The quantitative estimate of drug-likeness (QED) is 0.714. The number of hydrogen-bond acceptors (Lipinski definition) is 3. The molecule has 1 saturated heterocycles. The summed E-state index contributed by atoms with van der Waals surface area (Å²) < 4.78 is 0. The van der Waals surface area contributed by atoms with Crippen LogP contribution in [0, 0.1) is 11.3 Å². The minimum Gasteiger partial charge on any atom is -0.393 e. The molecule has 0 aliphatic carbocycles. The van der Waals surface area contributed by atoms with E-state index in [0.717, 1.165) is 45.3 Å². The number of likely N-dealkylation sites (tertiary alicyclic amines) is 1. The Morgan fingerprint density at radius 2 is 2.11 bits per heavy atom. The molecule has 1 heterocycles. The molecule has 1 atom stereocenters. The molecular weight excluding hydrogens is 246 g/mol. The molecule has 4 nitrogen and oxygen atoms in total. The van der Waals surface area contributed by atoms with Crippen LogP contribution in [0.3, 0.4) is 0 Å². The molecular formula is C13H25N3OS. The standard InChI is InChI=1S/C13H25N3OS/c1-13(2,12(15)18)6-4-8-16-7-3-5-10(9-16)11(14)17/h10H,3-9H2,1-2H3,(H2,14,17)(H2,15,18). The number of hydrogen-bond donors (Lipinski definition) is 2. The number of thiocarbonyl (C=S) groups is 1. The summed E-state index contributed by atoms with van der Waals surface area (Å²) in [7, 11) is 0. The van der Waals surface area contributed by atoms with Gasteiger partial charge in [0.15, 0.2) is 0 Å². The van der Waals surface area contributed by atoms with Gasteiger partial charge in [-0.05, 0) is 38.8 Å². The van der Waals surface area contributed by atoms with Crippen LogP contribution in [-0.2, 0) is 4.79 Å². The SMILES string of the molecule is CC(C)(CCCN1CCCC(C(N)=O)C1)C(N)=S. The molecule has 0 bridgehead atoms. The van der Waals surface area contributed by atoms with E-state index in [9.17, 15) is 4.79 Å². The Morgan fingerprint density at radius 3 is 2.67 bits per heavy atom. The molecule has 1 unspecified atom stereocenters. The van der Waals surface area contributed by atoms with Crippen LogP contribution in [0.25, 0.3) is 0 Å². The van der Waals surface area contributed by atoms with Gasteiger partial charge in [-0.25, -0.2) is 0 Å². The van der Waals surface area contributed by atoms with Gasteiger partial charge in [0.1, 0.15) is 0 Å². The predicted octanol–water partition coefficient (Wildman–Crippen LogP) is 1.28. The van der Waals surface area contributed by atoms with Gasteiger partial charge in [0, 0.05) is 12.0 Å². The van der Waals surface area contributed by atoms with Crippen molar-refractivity contribution in [1.29, 1.82) is 0 Å². The average Bonchev–Trinajstić information content (AvgIpc) is 2.29. The number of piperidine rings is 1. The molecule has 1 fully saturated rings.